The maximum Gasteiger partial charge on any atom is 0.326 e. The molecule has 0 spiro atoms. The van der Waals surface area contributed by atoms with Crippen LogP contribution in [0.15, 0.2) is 12.5 Å². The smallest absolute Gasteiger partial charge is 0.326 e. The lowest BCUT2D eigenvalue weighted by atomic mass is 10.0. The van der Waals surface area contributed by atoms with Crippen molar-refractivity contribution in [3.05, 3.63) is 18.2 Å². The van der Waals surface area contributed by atoms with Gasteiger partial charge in [0.2, 0.25) is 41.4 Å². The SMILES string of the molecule is CC(C)C[C@H](NC(=O)[C@H](Cc1cnc[nH]1)NC(=O)[C@H](CC(C)C)NC(=O)[C@H](CCC(=O)O)NC(=O)[C@@H]1CCCN1C(=O)[C@H](CCC(=O)O)NC(=O)[C@H](CC(C)C)NC(=O)[C@@H](N)CCCCN)C(=O)O. The van der Waals surface area contributed by atoms with Crippen molar-refractivity contribution in [2.75, 3.05) is 13.1 Å². The number of likely N-dealkylation sites (tertiary alicyclic amines) is 1. The molecule has 8 atom stereocenters. The van der Waals surface area contributed by atoms with Crippen LogP contribution >= 0.6 is 0 Å². The molecule has 0 saturated carbocycles. The molecular weight excluding hydrogens is 903 g/mol. The first-order valence-electron chi connectivity index (χ1n) is 23.7. The van der Waals surface area contributed by atoms with Gasteiger partial charge in [0, 0.05) is 37.7 Å². The number of imidazole rings is 1. The van der Waals surface area contributed by atoms with Gasteiger partial charge in [-0.25, -0.2) is 9.78 Å². The predicted molar refractivity (Wildman–Crippen MR) is 249 cm³/mol. The molecule has 69 heavy (non-hydrogen) atoms. The van der Waals surface area contributed by atoms with Gasteiger partial charge >= 0.3 is 17.9 Å². The number of aliphatic carboxylic acids is 3. The molecule has 0 aliphatic carbocycles. The zero-order chi connectivity index (χ0) is 52.0. The van der Waals surface area contributed by atoms with Crippen molar-refractivity contribution in [3.8, 4) is 0 Å². The number of unbranched alkanes of at least 4 members (excludes halogenated alkanes) is 1. The van der Waals surface area contributed by atoms with Crippen molar-refractivity contribution in [1.29, 1.82) is 0 Å². The van der Waals surface area contributed by atoms with E-state index in [0.717, 1.165) is 4.90 Å². The Kier molecular flexibility index (Phi) is 25.3. The lowest BCUT2D eigenvalue weighted by Gasteiger charge is -2.31. The monoisotopic (exact) mass is 978 g/mol. The number of carboxylic acids is 3. The van der Waals surface area contributed by atoms with Crippen molar-refractivity contribution >= 4 is 59.3 Å². The van der Waals surface area contributed by atoms with Crippen molar-refractivity contribution in [2.24, 2.45) is 29.2 Å². The molecule has 7 amide bonds. The fourth-order valence-electron chi connectivity index (χ4n) is 7.76. The fraction of sp³-hybridized carbons (Fsp3) is 0.711. The van der Waals surface area contributed by atoms with Crippen LogP contribution in [0.1, 0.15) is 124 Å². The number of aromatic nitrogens is 2. The molecule has 0 aromatic carbocycles. The minimum atomic E-state index is -1.56. The van der Waals surface area contributed by atoms with Crippen LogP contribution < -0.4 is 43.4 Å². The fourth-order valence-corrected chi connectivity index (χ4v) is 7.76. The van der Waals surface area contributed by atoms with Gasteiger partial charge in [0.25, 0.3) is 0 Å². The Morgan fingerprint density at radius 3 is 1.64 bits per heavy atom. The van der Waals surface area contributed by atoms with Crippen LogP contribution in [0.25, 0.3) is 0 Å². The number of amides is 7. The summed E-state index contributed by atoms with van der Waals surface area (Å²) < 4.78 is 0. The van der Waals surface area contributed by atoms with E-state index in [4.69, 9.17) is 11.5 Å². The molecule has 1 saturated heterocycles. The summed E-state index contributed by atoms with van der Waals surface area (Å²) in [4.78, 5) is 140. The van der Waals surface area contributed by atoms with Crippen LogP contribution in [0.5, 0.6) is 0 Å². The summed E-state index contributed by atoms with van der Waals surface area (Å²) in [5.41, 5.74) is 12.0. The minimum absolute atomic E-state index is 0.000764. The molecular formula is C45H75N11O13. The molecule has 1 fully saturated rings. The van der Waals surface area contributed by atoms with E-state index in [2.05, 4.69) is 41.9 Å². The van der Waals surface area contributed by atoms with Gasteiger partial charge in [-0.15, -0.1) is 0 Å². The summed E-state index contributed by atoms with van der Waals surface area (Å²) >= 11 is 0. The highest BCUT2D eigenvalue weighted by Crippen LogP contribution is 2.21. The molecule has 14 N–H and O–H groups in total. The number of H-pyrrole nitrogens is 1. The highest BCUT2D eigenvalue weighted by atomic mass is 16.4. The average Bonchev–Trinajstić information content (AvgIpc) is 3.98. The van der Waals surface area contributed by atoms with Gasteiger partial charge in [-0.2, -0.15) is 0 Å². The number of carbonyl (C=O) groups is 10. The zero-order valence-electron chi connectivity index (χ0n) is 40.6. The topological polar surface area (TPSA) is 388 Å². The Bertz CT molecular complexity index is 1900. The van der Waals surface area contributed by atoms with Crippen LogP contribution in [0, 0.1) is 17.8 Å². The Morgan fingerprint density at radius 1 is 0.652 bits per heavy atom. The largest absolute Gasteiger partial charge is 0.481 e. The second-order valence-corrected chi connectivity index (χ2v) is 18.8. The highest BCUT2D eigenvalue weighted by molar-refractivity contribution is 5.98. The first-order valence-corrected chi connectivity index (χ1v) is 23.7. The summed E-state index contributed by atoms with van der Waals surface area (Å²) in [5, 5.41) is 44.3. The Morgan fingerprint density at radius 2 is 1.13 bits per heavy atom. The first kappa shape index (κ1) is 59.0. The van der Waals surface area contributed by atoms with E-state index in [1.807, 2.05) is 13.8 Å². The average molecular weight is 978 g/mol. The second kappa shape index (κ2) is 29.7. The van der Waals surface area contributed by atoms with Crippen LogP contribution in [-0.2, 0) is 54.4 Å². The number of aromatic amines is 1. The van der Waals surface area contributed by atoms with E-state index >= 15 is 0 Å². The summed E-state index contributed by atoms with van der Waals surface area (Å²) in [6.07, 6.45) is 2.82. The molecule has 0 bridgehead atoms. The van der Waals surface area contributed by atoms with E-state index in [-0.39, 0.29) is 69.2 Å². The third kappa shape index (κ3) is 21.3. The van der Waals surface area contributed by atoms with Crippen molar-refractivity contribution < 1.29 is 63.3 Å². The summed E-state index contributed by atoms with van der Waals surface area (Å²) in [6.45, 7) is 11.1. The maximum atomic E-state index is 14.2. The number of carboxylic acid groups (broad SMARTS) is 3. The number of carbonyl (C=O) groups excluding carboxylic acids is 7. The number of nitrogens with one attached hydrogen (secondary N) is 7. The van der Waals surface area contributed by atoms with Crippen LogP contribution in [0.3, 0.4) is 0 Å². The maximum absolute atomic E-state index is 14.2. The molecule has 24 nitrogen and oxygen atoms in total. The zero-order valence-corrected chi connectivity index (χ0v) is 40.6. The van der Waals surface area contributed by atoms with Gasteiger partial charge in [-0.3, -0.25) is 43.2 Å². The van der Waals surface area contributed by atoms with Gasteiger partial charge in [-0.05, 0) is 82.1 Å². The van der Waals surface area contributed by atoms with Gasteiger partial charge in [0.05, 0.1) is 12.4 Å². The summed E-state index contributed by atoms with van der Waals surface area (Å²) in [6, 6.07) is -10.3. The summed E-state index contributed by atoms with van der Waals surface area (Å²) in [5.74, 6) is -9.94. The lowest BCUT2D eigenvalue weighted by Crippen LogP contribution is -2.60. The van der Waals surface area contributed by atoms with Gasteiger partial charge in [0.1, 0.15) is 42.3 Å². The van der Waals surface area contributed by atoms with Crippen LogP contribution in [0.2, 0.25) is 0 Å². The molecule has 0 radical (unpaired) electrons. The third-order valence-corrected chi connectivity index (χ3v) is 11.3. The Hall–Kier alpha value is -6.17. The number of hydrogen-bond donors (Lipinski definition) is 12. The van der Waals surface area contributed by atoms with Gasteiger partial charge in [-0.1, -0.05) is 48.0 Å². The number of nitrogens with two attached hydrogens (primary N) is 2. The van der Waals surface area contributed by atoms with Crippen molar-refractivity contribution in [2.45, 2.75) is 173 Å². The third-order valence-electron chi connectivity index (χ3n) is 11.3. The molecule has 0 unspecified atom stereocenters. The van der Waals surface area contributed by atoms with E-state index in [9.17, 15) is 63.3 Å². The van der Waals surface area contributed by atoms with E-state index < -0.39 is 127 Å². The molecule has 2 heterocycles. The van der Waals surface area contributed by atoms with Crippen molar-refractivity contribution in [1.82, 2.24) is 46.8 Å². The molecule has 1 aliphatic heterocycles. The lowest BCUT2D eigenvalue weighted by molar-refractivity contribution is -0.144. The Labute approximate surface area is 402 Å². The highest BCUT2D eigenvalue weighted by Gasteiger charge is 2.40. The number of hydrogen-bond acceptors (Lipinski definition) is 13. The van der Waals surface area contributed by atoms with Crippen LogP contribution in [0.4, 0.5) is 0 Å². The molecule has 1 aromatic heterocycles. The first-order chi connectivity index (χ1) is 32.4. The number of rotatable bonds is 32. The van der Waals surface area contributed by atoms with Gasteiger partial charge < -0.3 is 68.6 Å². The predicted octanol–water partition coefficient (Wildman–Crippen LogP) is -0.739. The molecule has 388 valence electrons. The summed E-state index contributed by atoms with van der Waals surface area (Å²) in [7, 11) is 0. The van der Waals surface area contributed by atoms with Gasteiger partial charge in [0.15, 0.2) is 0 Å². The standard InChI is InChI=1S/C45H75N11O13/c1-24(2)18-31(52-38(61)28(47)10-7-8-16-46)40(63)51-30(13-15-37(59)60)44(67)56-17-9-11-35(56)43(66)50-29(12-14-36(57)58)39(62)53-32(19-25(3)4)41(64)54-33(21-27-22-48-23-49-27)42(65)55-34(45(68)69)20-26(5)6/h22-26,28-35H,7-21,46-47H2,1-6H3,(H,48,49)(H,50,66)(H,51,63)(H,52,61)(H,53,62)(H,54,64)(H,55,65)(H,57,58)(H,59,60)(H,68,69)/t28-,29-,30-,31-,32-,33-,34-,35-/m0/s1. The number of nitrogens with zero attached hydrogens (tertiary/aromatic N) is 2. The Balaban J connectivity index is 2.37. The normalized spacial score (nSPS) is 16.6. The molecule has 2 rings (SSSR count). The van der Waals surface area contributed by atoms with E-state index in [1.54, 1.807) is 27.7 Å². The van der Waals surface area contributed by atoms with E-state index in [0.29, 0.717) is 31.5 Å². The second-order valence-electron chi connectivity index (χ2n) is 18.8. The molecule has 24 heteroatoms. The van der Waals surface area contributed by atoms with Crippen molar-refractivity contribution in [3.63, 3.8) is 0 Å². The quantitative estimate of drug-likeness (QED) is 0.0396. The van der Waals surface area contributed by atoms with Crippen LogP contribution in [-0.4, -0.2) is 151 Å². The minimum Gasteiger partial charge on any atom is -0.481 e. The molecule has 1 aliphatic rings. The van der Waals surface area contributed by atoms with E-state index in [1.165, 1.54) is 12.5 Å². The molecule has 1 aromatic rings.